The second kappa shape index (κ2) is 11.1. The summed E-state index contributed by atoms with van der Waals surface area (Å²) in [6.45, 7) is 6.45. The average molecular weight is 432 g/mol. The zero-order valence-electron chi connectivity index (χ0n) is 17.5. The molecule has 10 heteroatoms. The van der Waals surface area contributed by atoms with E-state index in [1.165, 1.54) is 11.8 Å². The van der Waals surface area contributed by atoms with E-state index in [1.807, 2.05) is 12.3 Å². The van der Waals surface area contributed by atoms with Gasteiger partial charge in [0.15, 0.2) is 0 Å². The molecule has 0 radical (unpaired) electrons. The third kappa shape index (κ3) is 6.28. The van der Waals surface area contributed by atoms with E-state index < -0.39 is 0 Å². The topological polar surface area (TPSA) is 110 Å². The van der Waals surface area contributed by atoms with Crippen LogP contribution in [0.5, 0.6) is 5.88 Å². The third-order valence-electron chi connectivity index (χ3n) is 4.65. The number of anilines is 2. The fourth-order valence-electron chi connectivity index (χ4n) is 2.83. The second-order valence-electron chi connectivity index (χ2n) is 7.07. The number of aromatic nitrogens is 3. The number of carbonyl (C=O) groups is 1. The number of hydrogen-bond donors (Lipinski definition) is 2. The van der Waals surface area contributed by atoms with Crippen molar-refractivity contribution in [1.29, 1.82) is 0 Å². The summed E-state index contributed by atoms with van der Waals surface area (Å²) in [5.74, 6) is 1.49. The summed E-state index contributed by atoms with van der Waals surface area (Å²) in [6.07, 6.45) is 5.53. The molecule has 0 aliphatic carbocycles. The van der Waals surface area contributed by atoms with E-state index in [4.69, 9.17) is 15.5 Å². The van der Waals surface area contributed by atoms with E-state index in [0.717, 1.165) is 48.8 Å². The number of piperazine rings is 1. The SMILES string of the molecule is CCCCOc1nc(N2CCN(C)CC2)ncc1Sc1ccc(NC(=O)CN)nc1. The number of likely N-dealkylation sites (N-methyl/N-ethyl adjacent to an activating group) is 1. The highest BCUT2D eigenvalue weighted by Gasteiger charge is 2.19. The number of unbranched alkanes of at least 4 members (excludes halogenated alkanes) is 1. The number of ether oxygens (including phenoxy) is 1. The molecule has 0 spiro atoms. The van der Waals surface area contributed by atoms with Crippen LogP contribution < -0.4 is 20.7 Å². The summed E-state index contributed by atoms with van der Waals surface area (Å²) in [6, 6.07) is 3.63. The first-order valence-corrected chi connectivity index (χ1v) is 11.0. The molecule has 2 aromatic heterocycles. The van der Waals surface area contributed by atoms with Crippen molar-refractivity contribution >= 4 is 29.4 Å². The molecule has 162 valence electrons. The van der Waals surface area contributed by atoms with Crippen molar-refractivity contribution in [3.05, 3.63) is 24.5 Å². The molecule has 0 bridgehead atoms. The number of nitrogens with zero attached hydrogens (tertiary/aromatic N) is 5. The van der Waals surface area contributed by atoms with Gasteiger partial charge in [-0.15, -0.1) is 0 Å². The number of nitrogens with one attached hydrogen (secondary N) is 1. The number of carbonyl (C=O) groups excluding carboxylic acids is 1. The summed E-state index contributed by atoms with van der Waals surface area (Å²) < 4.78 is 5.99. The summed E-state index contributed by atoms with van der Waals surface area (Å²) in [7, 11) is 2.12. The van der Waals surface area contributed by atoms with Crippen molar-refractivity contribution in [2.45, 2.75) is 29.6 Å². The second-order valence-corrected chi connectivity index (χ2v) is 8.18. The smallest absolute Gasteiger partial charge is 0.239 e. The van der Waals surface area contributed by atoms with Crippen LogP contribution in [0.15, 0.2) is 34.3 Å². The first-order valence-electron chi connectivity index (χ1n) is 10.2. The van der Waals surface area contributed by atoms with Gasteiger partial charge in [0.05, 0.1) is 24.2 Å². The predicted molar refractivity (Wildman–Crippen MR) is 118 cm³/mol. The Hall–Kier alpha value is -2.43. The van der Waals surface area contributed by atoms with Crippen molar-refractivity contribution in [3.8, 4) is 5.88 Å². The Morgan fingerprint density at radius 2 is 2.03 bits per heavy atom. The van der Waals surface area contributed by atoms with Crippen LogP contribution in [0.3, 0.4) is 0 Å². The van der Waals surface area contributed by atoms with Gasteiger partial charge in [-0.25, -0.2) is 9.97 Å². The molecule has 1 fully saturated rings. The summed E-state index contributed by atoms with van der Waals surface area (Å²) in [5, 5.41) is 2.63. The van der Waals surface area contributed by atoms with Crippen LogP contribution in [-0.4, -0.2) is 72.1 Å². The molecule has 0 unspecified atom stereocenters. The molecule has 2 aromatic rings. The Balaban J connectivity index is 1.74. The standard InChI is InChI=1S/C20H29N7O2S/c1-3-4-11-29-19-16(14-23-20(25-19)27-9-7-26(2)8-10-27)30-15-5-6-17(22-13-15)24-18(28)12-21/h5-6,13-14H,3-4,7-12,21H2,1-2H3,(H,22,24,28). The lowest BCUT2D eigenvalue weighted by Gasteiger charge is -2.32. The number of hydrogen-bond acceptors (Lipinski definition) is 9. The Bertz CT molecular complexity index is 826. The lowest BCUT2D eigenvalue weighted by Crippen LogP contribution is -2.45. The van der Waals surface area contributed by atoms with Crippen molar-refractivity contribution in [1.82, 2.24) is 19.9 Å². The highest BCUT2D eigenvalue weighted by atomic mass is 32.2. The number of rotatable bonds is 9. The van der Waals surface area contributed by atoms with Crippen LogP contribution in [0.4, 0.5) is 11.8 Å². The summed E-state index contributed by atoms with van der Waals surface area (Å²) in [5.41, 5.74) is 5.31. The van der Waals surface area contributed by atoms with Crippen LogP contribution in [0.1, 0.15) is 19.8 Å². The molecule has 0 aromatic carbocycles. The van der Waals surface area contributed by atoms with Gasteiger partial charge in [0.25, 0.3) is 0 Å². The van der Waals surface area contributed by atoms with Crippen molar-refractivity contribution in [3.63, 3.8) is 0 Å². The van der Waals surface area contributed by atoms with Crippen LogP contribution in [0.25, 0.3) is 0 Å². The van der Waals surface area contributed by atoms with Gasteiger partial charge in [0.2, 0.25) is 17.7 Å². The van der Waals surface area contributed by atoms with Gasteiger partial charge in [-0.1, -0.05) is 25.1 Å². The minimum Gasteiger partial charge on any atom is -0.477 e. The molecule has 1 saturated heterocycles. The molecule has 0 atom stereocenters. The fourth-order valence-corrected chi connectivity index (χ4v) is 3.62. The minimum absolute atomic E-state index is 0.0758. The van der Waals surface area contributed by atoms with Gasteiger partial charge < -0.3 is 25.6 Å². The zero-order chi connectivity index (χ0) is 21.3. The van der Waals surface area contributed by atoms with E-state index in [-0.39, 0.29) is 12.5 Å². The molecular formula is C20H29N7O2S. The summed E-state index contributed by atoms with van der Waals surface area (Å²) >= 11 is 1.48. The normalized spacial score (nSPS) is 14.6. The third-order valence-corrected chi connectivity index (χ3v) is 5.63. The largest absolute Gasteiger partial charge is 0.477 e. The van der Waals surface area contributed by atoms with E-state index in [0.29, 0.717) is 24.3 Å². The first-order chi connectivity index (χ1) is 14.6. The van der Waals surface area contributed by atoms with E-state index in [2.05, 4.69) is 39.1 Å². The van der Waals surface area contributed by atoms with Crippen LogP contribution in [0, 0.1) is 0 Å². The van der Waals surface area contributed by atoms with E-state index in [1.54, 1.807) is 12.3 Å². The van der Waals surface area contributed by atoms with Gasteiger partial charge in [0.1, 0.15) is 5.82 Å². The maximum absolute atomic E-state index is 11.4. The molecular weight excluding hydrogens is 402 g/mol. The average Bonchev–Trinajstić information content (AvgIpc) is 2.76. The van der Waals surface area contributed by atoms with Gasteiger partial charge in [0, 0.05) is 37.3 Å². The van der Waals surface area contributed by atoms with E-state index in [9.17, 15) is 4.79 Å². The number of amides is 1. The van der Waals surface area contributed by atoms with Gasteiger partial charge in [-0.05, 0) is 25.6 Å². The molecule has 30 heavy (non-hydrogen) atoms. The Labute approximate surface area is 181 Å². The first kappa shape index (κ1) is 22.3. The van der Waals surface area contributed by atoms with Crippen molar-refractivity contribution in [2.24, 2.45) is 5.73 Å². The molecule has 3 heterocycles. The lowest BCUT2D eigenvalue weighted by molar-refractivity contribution is -0.114. The van der Waals surface area contributed by atoms with Gasteiger partial charge >= 0.3 is 0 Å². The highest BCUT2D eigenvalue weighted by molar-refractivity contribution is 7.99. The monoisotopic (exact) mass is 431 g/mol. The molecule has 3 N–H and O–H groups in total. The maximum Gasteiger partial charge on any atom is 0.239 e. The van der Waals surface area contributed by atoms with E-state index >= 15 is 0 Å². The number of nitrogens with two attached hydrogens (primary N) is 1. The van der Waals surface area contributed by atoms with Gasteiger partial charge in [-0.3, -0.25) is 4.79 Å². The zero-order valence-corrected chi connectivity index (χ0v) is 18.3. The molecule has 9 nitrogen and oxygen atoms in total. The van der Waals surface area contributed by atoms with Crippen LogP contribution in [-0.2, 0) is 4.79 Å². The minimum atomic E-state index is -0.276. The lowest BCUT2D eigenvalue weighted by atomic mass is 10.3. The maximum atomic E-state index is 11.4. The molecule has 0 saturated carbocycles. The Morgan fingerprint density at radius 3 is 2.70 bits per heavy atom. The van der Waals surface area contributed by atoms with Gasteiger partial charge in [-0.2, -0.15) is 4.98 Å². The van der Waals surface area contributed by atoms with Crippen LogP contribution in [0.2, 0.25) is 0 Å². The summed E-state index contributed by atoms with van der Waals surface area (Å²) in [4.78, 5) is 31.2. The molecule has 1 amide bonds. The molecule has 1 aliphatic heterocycles. The fraction of sp³-hybridized carbons (Fsp3) is 0.500. The van der Waals surface area contributed by atoms with Crippen molar-refractivity contribution < 1.29 is 9.53 Å². The number of pyridine rings is 1. The molecule has 1 aliphatic rings. The Kier molecular flexibility index (Phi) is 8.23. The van der Waals surface area contributed by atoms with Crippen molar-refractivity contribution in [2.75, 3.05) is 56.6 Å². The predicted octanol–water partition coefficient (Wildman–Crippen LogP) is 1.85. The highest BCUT2D eigenvalue weighted by Crippen LogP contribution is 2.34. The Morgan fingerprint density at radius 1 is 1.23 bits per heavy atom. The van der Waals surface area contributed by atoms with Crippen LogP contribution >= 0.6 is 11.8 Å². The quantitative estimate of drug-likeness (QED) is 0.575. The molecule has 3 rings (SSSR count).